The van der Waals surface area contributed by atoms with Crippen molar-refractivity contribution in [1.29, 1.82) is 5.26 Å². The van der Waals surface area contributed by atoms with E-state index in [2.05, 4.69) is 10.3 Å². The van der Waals surface area contributed by atoms with Crippen molar-refractivity contribution in [2.75, 3.05) is 25.0 Å². The van der Waals surface area contributed by atoms with Gasteiger partial charge in [-0.15, -0.1) is 0 Å². The zero-order chi connectivity index (χ0) is 15.1. The van der Waals surface area contributed by atoms with E-state index in [-0.39, 0.29) is 29.5 Å². The first-order valence-corrected chi connectivity index (χ1v) is 6.09. The molecule has 0 atom stereocenters. The third-order valence-electron chi connectivity index (χ3n) is 2.73. The van der Waals surface area contributed by atoms with Gasteiger partial charge in [-0.05, 0) is 13.8 Å². The van der Waals surface area contributed by atoms with Crippen molar-refractivity contribution < 1.29 is 9.72 Å². The lowest BCUT2D eigenvalue weighted by molar-refractivity contribution is -0.385. The van der Waals surface area contributed by atoms with Crippen LogP contribution in [0.2, 0.25) is 0 Å². The molecular formula is C12H15N5O3. The predicted molar refractivity (Wildman–Crippen MR) is 72.0 cm³/mol. The van der Waals surface area contributed by atoms with Crippen LogP contribution in [0.25, 0.3) is 0 Å². The number of hydrogen-bond donors (Lipinski definition) is 1. The Morgan fingerprint density at radius 3 is 2.70 bits per heavy atom. The molecule has 8 heteroatoms. The average molecular weight is 277 g/mol. The number of hydrogen-bond acceptors (Lipinski definition) is 6. The molecule has 8 nitrogen and oxygen atoms in total. The molecular weight excluding hydrogens is 262 g/mol. The summed E-state index contributed by atoms with van der Waals surface area (Å²) in [6.07, 6.45) is 1.05. The van der Waals surface area contributed by atoms with Crippen LogP contribution >= 0.6 is 0 Å². The lowest BCUT2D eigenvalue weighted by Crippen LogP contribution is -2.35. The number of nitro groups is 1. The van der Waals surface area contributed by atoms with Crippen LogP contribution in [0, 0.1) is 21.4 Å². The summed E-state index contributed by atoms with van der Waals surface area (Å²) >= 11 is 0. The summed E-state index contributed by atoms with van der Waals surface area (Å²) in [5.74, 6) is 0.0395. The topological polar surface area (TPSA) is 112 Å². The van der Waals surface area contributed by atoms with Crippen LogP contribution < -0.4 is 5.32 Å². The van der Waals surface area contributed by atoms with Gasteiger partial charge in [-0.2, -0.15) is 5.26 Å². The largest absolute Gasteiger partial charge is 0.360 e. The van der Waals surface area contributed by atoms with E-state index in [0.717, 1.165) is 12.3 Å². The molecule has 0 saturated heterocycles. The molecule has 0 aliphatic rings. The third kappa shape index (κ3) is 3.65. The van der Waals surface area contributed by atoms with Crippen LogP contribution in [0.1, 0.15) is 19.4 Å². The molecule has 0 aliphatic carbocycles. The zero-order valence-electron chi connectivity index (χ0n) is 11.3. The van der Waals surface area contributed by atoms with Gasteiger partial charge in [0.25, 0.3) is 5.69 Å². The van der Waals surface area contributed by atoms with E-state index in [0.29, 0.717) is 13.1 Å². The van der Waals surface area contributed by atoms with Crippen LogP contribution in [0.5, 0.6) is 0 Å². The molecule has 20 heavy (non-hydrogen) atoms. The minimum Gasteiger partial charge on any atom is -0.360 e. The minimum atomic E-state index is -0.626. The molecule has 0 aromatic carbocycles. The predicted octanol–water partition coefficient (Wildman–Crippen LogP) is 1.14. The number of aromatic nitrogens is 1. The highest BCUT2D eigenvalue weighted by Crippen LogP contribution is 2.17. The molecule has 0 aliphatic heterocycles. The molecule has 0 fully saturated rings. The van der Waals surface area contributed by atoms with E-state index in [1.165, 1.54) is 0 Å². The van der Waals surface area contributed by atoms with Crippen LogP contribution in [-0.2, 0) is 4.79 Å². The molecule has 1 amide bonds. The van der Waals surface area contributed by atoms with E-state index in [1.807, 2.05) is 19.9 Å². The normalized spacial score (nSPS) is 9.65. The Bertz CT molecular complexity index is 549. The summed E-state index contributed by atoms with van der Waals surface area (Å²) in [7, 11) is 0. The van der Waals surface area contributed by atoms with Crippen LogP contribution in [0.3, 0.4) is 0 Å². The van der Waals surface area contributed by atoms with Crippen molar-refractivity contribution in [3.8, 4) is 6.07 Å². The van der Waals surface area contributed by atoms with Gasteiger partial charge in [0.1, 0.15) is 23.6 Å². The summed E-state index contributed by atoms with van der Waals surface area (Å²) < 4.78 is 0. The average Bonchev–Trinajstić information content (AvgIpc) is 2.45. The van der Waals surface area contributed by atoms with E-state index in [4.69, 9.17) is 5.26 Å². The van der Waals surface area contributed by atoms with Gasteiger partial charge >= 0.3 is 0 Å². The van der Waals surface area contributed by atoms with Gasteiger partial charge in [0.05, 0.1) is 11.5 Å². The first-order chi connectivity index (χ1) is 9.53. The number of nitrogens with zero attached hydrogens (tertiary/aromatic N) is 4. The Labute approximate surface area is 116 Å². The number of likely N-dealkylation sites (N-methyl/N-ethyl adjacent to an activating group) is 1. The first kappa shape index (κ1) is 15.4. The summed E-state index contributed by atoms with van der Waals surface area (Å²) in [5.41, 5.74) is -0.228. The Morgan fingerprint density at radius 2 is 2.20 bits per heavy atom. The van der Waals surface area contributed by atoms with Crippen molar-refractivity contribution in [2.24, 2.45) is 0 Å². The van der Waals surface area contributed by atoms with Gasteiger partial charge in [0, 0.05) is 19.2 Å². The van der Waals surface area contributed by atoms with Crippen LogP contribution in [-0.4, -0.2) is 40.3 Å². The molecule has 1 aromatic rings. The van der Waals surface area contributed by atoms with Crippen molar-refractivity contribution in [3.63, 3.8) is 0 Å². The number of pyridine rings is 1. The van der Waals surface area contributed by atoms with Gasteiger partial charge in [-0.3, -0.25) is 14.9 Å². The number of rotatable bonds is 6. The summed E-state index contributed by atoms with van der Waals surface area (Å²) in [5, 5.41) is 22.3. The Kier molecular flexibility index (Phi) is 5.41. The smallest absolute Gasteiger partial charge is 0.289 e. The molecule has 1 rings (SSSR count). The first-order valence-electron chi connectivity index (χ1n) is 6.09. The van der Waals surface area contributed by atoms with Crippen LogP contribution in [0.15, 0.2) is 12.3 Å². The van der Waals surface area contributed by atoms with E-state index in [9.17, 15) is 14.9 Å². The molecule has 1 aromatic heterocycles. The highest BCUT2D eigenvalue weighted by Gasteiger charge is 2.14. The molecule has 0 bridgehead atoms. The maximum Gasteiger partial charge on any atom is 0.289 e. The lowest BCUT2D eigenvalue weighted by Gasteiger charge is -2.18. The number of carbonyl (C=O) groups is 1. The van der Waals surface area contributed by atoms with Crippen molar-refractivity contribution in [2.45, 2.75) is 13.8 Å². The third-order valence-corrected chi connectivity index (χ3v) is 2.73. The fourth-order valence-electron chi connectivity index (χ4n) is 1.63. The molecule has 1 heterocycles. The lowest BCUT2D eigenvalue weighted by atomic mass is 10.2. The molecule has 0 spiro atoms. The number of nitriles is 1. The second kappa shape index (κ2) is 7.04. The standard InChI is InChI=1S/C12H15N5O3/c1-3-16(4-2)11(18)8-15-12-9(6-13)5-10(7-14-12)17(19)20/h5,7H,3-4,8H2,1-2H3,(H,14,15). The number of carbonyl (C=O) groups excluding carboxylic acids is 1. The second-order valence-electron chi connectivity index (χ2n) is 3.88. The van der Waals surface area contributed by atoms with Gasteiger partial charge in [0.2, 0.25) is 5.91 Å². The highest BCUT2D eigenvalue weighted by atomic mass is 16.6. The number of nitrogens with one attached hydrogen (secondary N) is 1. The van der Waals surface area contributed by atoms with Gasteiger partial charge in [0.15, 0.2) is 0 Å². The van der Waals surface area contributed by atoms with Crippen molar-refractivity contribution in [3.05, 3.63) is 27.9 Å². The van der Waals surface area contributed by atoms with Gasteiger partial charge in [-0.1, -0.05) is 0 Å². The van der Waals surface area contributed by atoms with Crippen LogP contribution in [0.4, 0.5) is 11.5 Å². The minimum absolute atomic E-state index is 0.0127. The summed E-state index contributed by atoms with van der Waals surface area (Å²) in [4.78, 5) is 27.2. The molecule has 0 radical (unpaired) electrons. The summed E-state index contributed by atoms with van der Waals surface area (Å²) in [6.45, 7) is 4.91. The SMILES string of the molecule is CCN(CC)C(=O)CNc1ncc([N+](=O)[O-])cc1C#N. The molecule has 1 N–H and O–H groups in total. The highest BCUT2D eigenvalue weighted by molar-refractivity contribution is 5.81. The Balaban J connectivity index is 2.81. The van der Waals surface area contributed by atoms with Gasteiger partial charge < -0.3 is 10.2 Å². The fourth-order valence-corrected chi connectivity index (χ4v) is 1.63. The van der Waals surface area contributed by atoms with E-state index < -0.39 is 4.92 Å². The Hall–Kier alpha value is -2.69. The maximum absolute atomic E-state index is 11.8. The fraction of sp³-hybridized carbons (Fsp3) is 0.417. The zero-order valence-corrected chi connectivity index (χ0v) is 11.3. The maximum atomic E-state index is 11.8. The monoisotopic (exact) mass is 277 g/mol. The molecule has 106 valence electrons. The van der Waals surface area contributed by atoms with Crippen molar-refractivity contribution >= 4 is 17.4 Å². The summed E-state index contributed by atoms with van der Waals surface area (Å²) in [6, 6.07) is 2.94. The number of anilines is 1. The Morgan fingerprint density at radius 1 is 1.55 bits per heavy atom. The van der Waals surface area contributed by atoms with Crippen molar-refractivity contribution in [1.82, 2.24) is 9.88 Å². The molecule has 0 unspecified atom stereocenters. The van der Waals surface area contributed by atoms with Gasteiger partial charge in [-0.25, -0.2) is 4.98 Å². The second-order valence-corrected chi connectivity index (χ2v) is 3.88. The number of amides is 1. The molecule has 0 saturated carbocycles. The van der Waals surface area contributed by atoms with E-state index in [1.54, 1.807) is 4.90 Å². The van der Waals surface area contributed by atoms with E-state index >= 15 is 0 Å². The quantitative estimate of drug-likeness (QED) is 0.616.